The van der Waals surface area contributed by atoms with Crippen molar-refractivity contribution < 1.29 is 24.9 Å². The van der Waals surface area contributed by atoms with Gasteiger partial charge in [-0.25, -0.2) is 0 Å². The highest BCUT2D eigenvalue weighted by Gasteiger charge is 2.18. The van der Waals surface area contributed by atoms with Crippen molar-refractivity contribution in [3.05, 3.63) is 0 Å². The predicted molar refractivity (Wildman–Crippen MR) is 135 cm³/mol. The van der Waals surface area contributed by atoms with Crippen LogP contribution in [-0.4, -0.2) is 52.4 Å². The molecular formula is C27H53NO5. The van der Waals surface area contributed by atoms with E-state index in [0.717, 1.165) is 38.5 Å². The molecule has 0 spiro atoms. The number of nitrogens with one attached hydrogen (secondary N) is 1. The zero-order chi connectivity index (χ0) is 24.6. The smallest absolute Gasteiger partial charge is 0.219 e. The molecule has 0 radical (unpaired) electrons. The Hall–Kier alpha value is -0.980. The molecule has 0 heterocycles. The topological polar surface area (TPSA) is 107 Å². The molecule has 2 atom stereocenters. The van der Waals surface area contributed by atoms with Gasteiger partial charge in [0.2, 0.25) is 5.91 Å². The molecule has 4 N–H and O–H groups in total. The van der Waals surface area contributed by atoms with E-state index in [1.54, 1.807) is 0 Å². The quantitative estimate of drug-likeness (QED) is 0.137. The molecule has 0 aromatic carbocycles. The molecule has 0 aliphatic heterocycles. The van der Waals surface area contributed by atoms with Crippen LogP contribution < -0.4 is 5.32 Å². The molecule has 0 saturated heterocycles. The van der Waals surface area contributed by atoms with E-state index in [-0.39, 0.29) is 18.1 Å². The number of aliphatic hydroxyl groups is 3. The monoisotopic (exact) mass is 471 g/mol. The van der Waals surface area contributed by atoms with Gasteiger partial charge in [-0.2, -0.15) is 0 Å². The van der Waals surface area contributed by atoms with E-state index in [9.17, 15) is 19.8 Å². The van der Waals surface area contributed by atoms with E-state index in [1.165, 1.54) is 70.6 Å². The second-order valence-electron chi connectivity index (χ2n) is 9.57. The van der Waals surface area contributed by atoms with Gasteiger partial charge in [-0.15, -0.1) is 0 Å². The Morgan fingerprint density at radius 1 is 0.636 bits per heavy atom. The molecule has 0 aliphatic rings. The second-order valence-corrected chi connectivity index (χ2v) is 9.57. The lowest BCUT2D eigenvalue weighted by molar-refractivity contribution is -0.123. The fourth-order valence-electron chi connectivity index (χ4n) is 4.01. The number of hydrogen-bond acceptors (Lipinski definition) is 5. The fourth-order valence-corrected chi connectivity index (χ4v) is 4.01. The van der Waals surface area contributed by atoms with Crippen LogP contribution in [0.5, 0.6) is 0 Å². The van der Waals surface area contributed by atoms with Crippen LogP contribution in [-0.2, 0) is 9.59 Å². The molecule has 1 amide bonds. The third-order valence-corrected chi connectivity index (χ3v) is 6.28. The van der Waals surface area contributed by atoms with Crippen molar-refractivity contribution in [2.75, 3.05) is 13.2 Å². The maximum atomic E-state index is 11.9. The molecule has 0 rings (SSSR count). The lowest BCUT2D eigenvalue weighted by Crippen LogP contribution is -2.31. The summed E-state index contributed by atoms with van der Waals surface area (Å²) in [5.41, 5.74) is 0. The summed E-state index contributed by atoms with van der Waals surface area (Å²) >= 11 is 0. The van der Waals surface area contributed by atoms with Crippen molar-refractivity contribution in [2.24, 2.45) is 0 Å². The number of amides is 1. The standard InChI is InChI=1S/C27H53NO5/c1-2-3-4-5-6-7-8-9-10-11-12-13-17-20-27(33)28-21-18-15-14-16-19-24(30)22-25(31)26(32)23-29/h25-26,29,31-32H,2-23H2,1H3,(H,28,33)/t25-,26+/m0/s1. The minimum atomic E-state index is -1.25. The minimum Gasteiger partial charge on any atom is -0.394 e. The molecule has 0 aromatic rings. The molecule has 6 nitrogen and oxygen atoms in total. The number of aliphatic hydroxyl groups excluding tert-OH is 3. The maximum Gasteiger partial charge on any atom is 0.219 e. The van der Waals surface area contributed by atoms with E-state index >= 15 is 0 Å². The van der Waals surface area contributed by atoms with Gasteiger partial charge in [0.05, 0.1) is 12.7 Å². The summed E-state index contributed by atoms with van der Waals surface area (Å²) in [5.74, 6) is 0.0470. The van der Waals surface area contributed by atoms with Gasteiger partial charge in [0, 0.05) is 25.8 Å². The number of Topliss-reactive ketones (excluding diaryl/α,β-unsaturated/α-hetero) is 1. The molecule has 33 heavy (non-hydrogen) atoms. The first kappa shape index (κ1) is 32.0. The number of unbranched alkanes of at least 4 members (excludes halogenated alkanes) is 15. The molecule has 196 valence electrons. The van der Waals surface area contributed by atoms with Crippen LogP contribution in [0.4, 0.5) is 0 Å². The summed E-state index contributed by atoms with van der Waals surface area (Å²) in [6.07, 6.45) is 19.0. The van der Waals surface area contributed by atoms with Gasteiger partial charge >= 0.3 is 0 Å². The van der Waals surface area contributed by atoms with E-state index in [0.29, 0.717) is 19.4 Å². The Kier molecular flexibility index (Phi) is 23.4. The fraction of sp³-hybridized carbons (Fsp3) is 0.926. The van der Waals surface area contributed by atoms with Crippen LogP contribution >= 0.6 is 0 Å². The largest absolute Gasteiger partial charge is 0.394 e. The van der Waals surface area contributed by atoms with Gasteiger partial charge in [-0.3, -0.25) is 9.59 Å². The number of ketones is 1. The molecule has 0 saturated carbocycles. The van der Waals surface area contributed by atoms with Crippen molar-refractivity contribution >= 4 is 11.7 Å². The van der Waals surface area contributed by atoms with Crippen molar-refractivity contribution in [2.45, 2.75) is 148 Å². The molecule has 0 aromatic heterocycles. The first-order valence-electron chi connectivity index (χ1n) is 13.8. The van der Waals surface area contributed by atoms with Crippen LogP contribution in [0.2, 0.25) is 0 Å². The van der Waals surface area contributed by atoms with E-state index in [2.05, 4.69) is 12.2 Å². The summed E-state index contributed by atoms with van der Waals surface area (Å²) in [4.78, 5) is 23.6. The lowest BCUT2D eigenvalue weighted by atomic mass is 10.0. The zero-order valence-corrected chi connectivity index (χ0v) is 21.4. The molecule has 0 bridgehead atoms. The summed E-state index contributed by atoms with van der Waals surface area (Å²) in [6.45, 7) is 2.41. The molecule has 0 aliphatic carbocycles. The second kappa shape index (κ2) is 24.2. The van der Waals surface area contributed by atoms with Crippen molar-refractivity contribution in [3.8, 4) is 0 Å². The molecule has 0 fully saturated rings. The van der Waals surface area contributed by atoms with E-state index in [4.69, 9.17) is 5.11 Å². The Morgan fingerprint density at radius 2 is 1.09 bits per heavy atom. The van der Waals surface area contributed by atoms with Crippen molar-refractivity contribution in [3.63, 3.8) is 0 Å². The average Bonchev–Trinajstić information content (AvgIpc) is 2.80. The van der Waals surface area contributed by atoms with Crippen molar-refractivity contribution in [1.82, 2.24) is 5.32 Å². The van der Waals surface area contributed by atoms with Gasteiger partial charge in [-0.05, 0) is 19.3 Å². The third kappa shape index (κ3) is 22.6. The summed E-state index contributed by atoms with van der Waals surface area (Å²) in [6, 6.07) is 0. The number of hydrogen-bond donors (Lipinski definition) is 4. The maximum absolute atomic E-state index is 11.9. The van der Waals surface area contributed by atoms with Crippen LogP contribution in [0.15, 0.2) is 0 Å². The Balaban J connectivity index is 3.33. The lowest BCUT2D eigenvalue weighted by Gasteiger charge is -2.14. The highest BCUT2D eigenvalue weighted by molar-refractivity contribution is 5.78. The van der Waals surface area contributed by atoms with Crippen LogP contribution in [0, 0.1) is 0 Å². The SMILES string of the molecule is CCCCCCCCCCCCCCCC(=O)NCCCCCCC(=O)C[C@H](O)[C@H](O)CO. The highest BCUT2D eigenvalue weighted by atomic mass is 16.4. The Morgan fingerprint density at radius 3 is 1.61 bits per heavy atom. The molecule has 0 unspecified atom stereocenters. The first-order chi connectivity index (χ1) is 16.0. The normalized spacial score (nSPS) is 13.1. The van der Waals surface area contributed by atoms with Crippen LogP contribution in [0.1, 0.15) is 135 Å². The number of carbonyl (C=O) groups excluding carboxylic acids is 2. The van der Waals surface area contributed by atoms with Crippen LogP contribution in [0.25, 0.3) is 0 Å². The average molecular weight is 472 g/mol. The summed E-state index contributed by atoms with van der Waals surface area (Å²) in [5, 5.41) is 30.5. The van der Waals surface area contributed by atoms with E-state index in [1.807, 2.05) is 0 Å². The van der Waals surface area contributed by atoms with Gasteiger partial charge < -0.3 is 20.6 Å². The van der Waals surface area contributed by atoms with Gasteiger partial charge in [0.15, 0.2) is 0 Å². The predicted octanol–water partition coefficient (Wildman–Crippen LogP) is 5.21. The van der Waals surface area contributed by atoms with Crippen molar-refractivity contribution in [1.29, 1.82) is 0 Å². The van der Waals surface area contributed by atoms with Crippen LogP contribution in [0.3, 0.4) is 0 Å². The minimum absolute atomic E-state index is 0.0962. The summed E-state index contributed by atoms with van der Waals surface area (Å²) in [7, 11) is 0. The van der Waals surface area contributed by atoms with E-state index < -0.39 is 18.8 Å². The third-order valence-electron chi connectivity index (χ3n) is 6.28. The van der Waals surface area contributed by atoms with Gasteiger partial charge in [0.1, 0.15) is 11.9 Å². The summed E-state index contributed by atoms with van der Waals surface area (Å²) < 4.78 is 0. The van der Waals surface area contributed by atoms with Gasteiger partial charge in [0.25, 0.3) is 0 Å². The Labute approximate surface area is 202 Å². The molecular weight excluding hydrogens is 418 g/mol. The molecule has 6 heteroatoms. The zero-order valence-electron chi connectivity index (χ0n) is 21.4. The highest BCUT2D eigenvalue weighted by Crippen LogP contribution is 2.13. The first-order valence-corrected chi connectivity index (χ1v) is 13.8. The van der Waals surface area contributed by atoms with Gasteiger partial charge in [-0.1, -0.05) is 96.8 Å². The Bertz CT molecular complexity index is 458. The number of carbonyl (C=O) groups is 2. The number of rotatable bonds is 25.